The van der Waals surface area contributed by atoms with Gasteiger partial charge in [0.25, 0.3) is 0 Å². The second kappa shape index (κ2) is 33.4. The third kappa shape index (κ3) is 19.9. The summed E-state index contributed by atoms with van der Waals surface area (Å²) in [6, 6.07) is 36.1. The molecule has 10 heterocycles. The first-order chi connectivity index (χ1) is 41.9. The fourth-order valence-electron chi connectivity index (χ4n) is 10.7. The lowest BCUT2D eigenvalue weighted by atomic mass is 9.91. The number of nitrogens with zero attached hydrogens (tertiary/aromatic N) is 13. The summed E-state index contributed by atoms with van der Waals surface area (Å²) in [6.07, 6.45) is 20.8. The van der Waals surface area contributed by atoms with Crippen LogP contribution in [0.3, 0.4) is 0 Å². The molecule has 0 bridgehead atoms. The Morgan fingerprint density at radius 3 is 1.28 bits per heavy atom. The molecule has 4 aromatic heterocycles. The van der Waals surface area contributed by atoms with E-state index in [1.807, 2.05) is 36.0 Å². The number of aryl methyl sites for hydroxylation is 7. The van der Waals surface area contributed by atoms with Crippen LogP contribution in [0, 0.1) is 21.2 Å². The number of anilines is 3. The van der Waals surface area contributed by atoms with E-state index in [2.05, 4.69) is 95.1 Å². The molecule has 13 rings (SSSR count). The van der Waals surface area contributed by atoms with Crippen molar-refractivity contribution in [1.29, 1.82) is 10.8 Å². The van der Waals surface area contributed by atoms with E-state index in [4.69, 9.17) is 16.0 Å². The van der Waals surface area contributed by atoms with Crippen molar-refractivity contribution in [1.82, 2.24) is 4.73 Å². The zero-order chi connectivity index (χ0) is 62.3. The lowest BCUT2D eigenvalue weighted by molar-refractivity contribution is -0.658. The lowest BCUT2D eigenvalue weighted by Gasteiger charge is -2.36. The number of nitrogens with one attached hydrogen (secondary N) is 1. The van der Waals surface area contributed by atoms with Crippen LogP contribution in [0.15, 0.2) is 161 Å². The van der Waals surface area contributed by atoms with E-state index in [0.29, 0.717) is 10.5 Å². The topological polar surface area (TPSA) is 313 Å². The highest BCUT2D eigenvalue weighted by Gasteiger charge is 2.27. The normalized spacial score (nSPS) is 14.8. The Hall–Kier alpha value is -8.78. The van der Waals surface area contributed by atoms with Crippen LogP contribution in [0.2, 0.25) is 0 Å². The van der Waals surface area contributed by atoms with Gasteiger partial charge in [0, 0.05) is 82.2 Å². The first-order valence-corrected chi connectivity index (χ1v) is 31.0. The molecule has 3 aromatic carbocycles. The summed E-state index contributed by atoms with van der Waals surface area (Å²) < 4.78 is 62.5. The van der Waals surface area contributed by atoms with E-state index in [0.717, 1.165) is 60.8 Å². The minimum absolute atomic E-state index is 0. The Bertz CT molecular complexity index is 3630. The van der Waals surface area contributed by atoms with Crippen LogP contribution < -0.4 is 34.2 Å². The average Bonchev–Trinajstić information content (AvgIpc) is 2.55. The highest BCUT2D eigenvalue weighted by atomic mass is 32.3. The number of aromatic nitrogens is 4. The van der Waals surface area contributed by atoms with Gasteiger partial charge in [-0.2, -0.15) is 13.1 Å². The van der Waals surface area contributed by atoms with E-state index in [-0.39, 0.29) is 20.2 Å². The molecule has 7 aromatic rings. The van der Waals surface area contributed by atoms with E-state index < -0.39 is 20.8 Å². The Balaban J connectivity index is 0.000000200. The average molecular weight is 1250 g/mol. The van der Waals surface area contributed by atoms with Crippen LogP contribution in [0.4, 0.5) is 45.9 Å². The van der Waals surface area contributed by atoms with Gasteiger partial charge in [-0.1, -0.05) is 48.6 Å². The minimum atomic E-state index is -4.41. The highest BCUT2D eigenvalue weighted by Crippen LogP contribution is 2.40. The van der Waals surface area contributed by atoms with E-state index in [9.17, 15) is 31.8 Å². The molecule has 0 amide bonds. The number of pyridine rings is 4. The van der Waals surface area contributed by atoms with Crippen LogP contribution in [0.1, 0.15) is 80.8 Å². The molecule has 0 radical (unpaired) electrons. The molecule has 6 aliphatic heterocycles. The second-order valence-corrected chi connectivity index (χ2v) is 23.1. The Kier molecular flexibility index (Phi) is 25.9. The summed E-state index contributed by atoms with van der Waals surface area (Å²) in [6.45, 7) is 7.32. The van der Waals surface area contributed by atoms with Crippen LogP contribution >= 0.6 is 0 Å². The van der Waals surface area contributed by atoms with Gasteiger partial charge in [-0.25, -0.2) is 17.7 Å². The van der Waals surface area contributed by atoms with Gasteiger partial charge in [-0.05, 0) is 175 Å². The predicted molar refractivity (Wildman–Crippen MR) is 333 cm³/mol. The molecule has 0 unspecified atom stereocenters. The number of hydrogen-bond acceptors (Lipinski definition) is 20. The molecule has 470 valence electrons. The van der Waals surface area contributed by atoms with Gasteiger partial charge in [0.1, 0.15) is 17.4 Å². The molecule has 6 aliphatic rings. The molecular formula is C61H79N14O11S2+. The van der Waals surface area contributed by atoms with Gasteiger partial charge in [0.05, 0.1) is 51.0 Å². The number of azo groups is 2. The molecule has 2 N–H and O–H groups in total. The quantitative estimate of drug-likeness (QED) is 0.0285. The number of diazo groups is 1. The number of rotatable bonds is 7. The van der Waals surface area contributed by atoms with Crippen molar-refractivity contribution in [3.05, 3.63) is 194 Å². The molecule has 0 saturated carbocycles. The Labute approximate surface area is 516 Å². The van der Waals surface area contributed by atoms with Crippen molar-refractivity contribution in [2.75, 3.05) is 75.3 Å². The van der Waals surface area contributed by atoms with Crippen LogP contribution in [-0.4, -0.2) is 91.9 Å². The molecule has 0 aliphatic carbocycles. The third-order valence-electron chi connectivity index (χ3n) is 14.6. The van der Waals surface area contributed by atoms with Crippen molar-refractivity contribution in [2.45, 2.75) is 84.5 Å². The van der Waals surface area contributed by atoms with Gasteiger partial charge < -0.3 is 34.9 Å². The first kappa shape index (κ1) is 68.3. The van der Waals surface area contributed by atoms with Crippen molar-refractivity contribution >= 4 is 66.7 Å². The smallest absolute Gasteiger partial charge is 0.622 e. The van der Waals surface area contributed by atoms with Crippen molar-refractivity contribution in [3.63, 3.8) is 0 Å². The summed E-state index contributed by atoms with van der Waals surface area (Å²) in [7, 11) is -3.22. The summed E-state index contributed by atoms with van der Waals surface area (Å²) in [5.41, 5.74) is 15.3. The maximum Gasteiger partial charge on any atom is 0.622 e. The van der Waals surface area contributed by atoms with Crippen LogP contribution in [-0.2, 0) is 78.9 Å². The predicted octanol–water partition coefficient (Wildman–Crippen LogP) is 9.95. The SMILES string of the molecule is C.COS(=O)(=O)OC.COS(=O)(=O)[O-].C[n+]1ccccc1N=Nc1cc2c3c(c1)CCCN3CCC2.N#[N+]c1cccc[n+]1[O-].N=c1ccccn1O.[2HH].[O-][n+]1ccccc1N=Nc1cc2c3c(c1)CCCN3CCC2.c1cc2c3c(c1)CCCN3CCC2. The fourth-order valence-corrected chi connectivity index (χ4v) is 10.9. The van der Waals surface area contributed by atoms with Gasteiger partial charge in [-0.3, -0.25) is 18.0 Å². The van der Waals surface area contributed by atoms with Crippen molar-refractivity contribution in [3.8, 4) is 0 Å². The minimum Gasteiger partial charge on any atom is -0.726 e. The second-order valence-electron chi connectivity index (χ2n) is 20.4. The molecular weight excluding hydrogens is 1170 g/mol. The standard InChI is InChI=1S/C18H21N4.C17H18N4O.C12H15N.C5H4N3O.C5H6N2O.C2H6O4S.CH4O4S.CH4.H2/c1-21-9-3-2-8-17(21)20-19-16-12-14-6-4-10-22-11-5-7-15(13-16)18(14)22;22-21-10-2-1-7-16(21)19-18-15-11-13-5-3-8-20-9-4-6-14(12-15)17(13)20;1-4-10-6-2-8-13-9-3-7-11(5-1)12(10)13;6-7-5-3-1-2-4-8(5)9;6-5-3-1-2-4-7(5)8;1-5-7(3,4)6-2;1-5-6(2,3)4;;/h2-3,8-9,12-13H,4-7,10-11H2,1H3;1-2,7,10-12H,3-6,8-9H2;1,4-5H,2-3,6-9H2;1-4H;1-4,6,8H;1-2H3;1H3,(H,2,3,4);1H4;1H/q+1;;;+1;;;;;/p-1/i;;;;;;;;1+1. The Morgan fingerprint density at radius 1 is 0.545 bits per heavy atom. The first-order valence-electron chi connectivity index (χ1n) is 28.4. The number of hydrogen-bond donors (Lipinski definition) is 2. The molecule has 88 heavy (non-hydrogen) atoms. The van der Waals surface area contributed by atoms with Crippen LogP contribution in [0.5, 0.6) is 0 Å². The van der Waals surface area contributed by atoms with Crippen LogP contribution in [0.25, 0.3) is 4.98 Å². The summed E-state index contributed by atoms with van der Waals surface area (Å²) >= 11 is 0. The van der Waals surface area contributed by atoms with E-state index in [1.54, 1.807) is 59.3 Å². The molecule has 0 saturated heterocycles. The zero-order valence-electron chi connectivity index (χ0n) is 49.2. The molecule has 0 atom stereocenters. The fraction of sp³-hybridized carbons (Fsp3) is 0.377. The number of benzene rings is 3. The van der Waals surface area contributed by atoms with Gasteiger partial charge in [-0.15, -0.1) is 0 Å². The van der Waals surface area contributed by atoms with Gasteiger partial charge >= 0.3 is 27.9 Å². The van der Waals surface area contributed by atoms with E-state index in [1.165, 1.54) is 168 Å². The largest absolute Gasteiger partial charge is 0.726 e. The van der Waals surface area contributed by atoms with E-state index >= 15 is 0 Å². The molecule has 0 fully saturated rings. The molecule has 25 nitrogen and oxygen atoms in total. The summed E-state index contributed by atoms with van der Waals surface area (Å²) in [4.78, 5) is 10.4. The highest BCUT2D eigenvalue weighted by molar-refractivity contribution is 7.81. The molecule has 0 spiro atoms. The maximum atomic E-state index is 11.6. The zero-order valence-corrected chi connectivity index (χ0v) is 50.8. The summed E-state index contributed by atoms with van der Waals surface area (Å²) in [5.74, 6) is 1.18. The van der Waals surface area contributed by atoms with Gasteiger partial charge in [0.15, 0.2) is 11.7 Å². The summed E-state index contributed by atoms with van der Waals surface area (Å²) in [5, 5.41) is 63.1. The van der Waals surface area contributed by atoms with Crippen molar-refractivity contribution in [2.24, 2.45) is 27.5 Å². The third-order valence-corrected chi connectivity index (χ3v) is 15.9. The lowest BCUT2D eigenvalue weighted by Crippen LogP contribution is -2.34. The van der Waals surface area contributed by atoms with Crippen molar-refractivity contribution < 1.29 is 54.6 Å². The maximum absolute atomic E-state index is 11.6. The monoisotopic (exact) mass is 1250 g/mol. The van der Waals surface area contributed by atoms with Gasteiger partial charge in [0.2, 0.25) is 20.8 Å². The number of para-hydroxylation sites is 1. The Morgan fingerprint density at radius 2 is 0.932 bits per heavy atom. The molecule has 27 heteroatoms.